The molecule has 1 aromatic rings. The molecule has 0 spiro atoms. The Morgan fingerprint density at radius 2 is 2.25 bits per heavy atom. The summed E-state index contributed by atoms with van der Waals surface area (Å²) in [5.74, 6) is 0.794. The number of hydrogen-bond donors (Lipinski definition) is 0. The predicted molar refractivity (Wildman–Crippen MR) is 56.2 cm³/mol. The van der Waals surface area contributed by atoms with Gasteiger partial charge in [-0.25, -0.2) is 9.67 Å². The summed E-state index contributed by atoms with van der Waals surface area (Å²) in [6.45, 7) is 10.3. The average Bonchev–Trinajstić information content (AvgIpc) is 2.49. The molecule has 12 heavy (non-hydrogen) atoms. The maximum Gasteiger partial charge on any atom is 0.164 e. The molecule has 1 heterocycles. The topological polar surface area (TPSA) is 30.2 Å². The summed E-state index contributed by atoms with van der Waals surface area (Å²) < 4.78 is 2.67. The molecule has 1 rings (SSSR count). The molecule has 68 valence electrons. The van der Waals surface area contributed by atoms with E-state index < -0.39 is 0 Å². The summed E-state index contributed by atoms with van der Waals surface area (Å²) in [7, 11) is 0. The van der Waals surface area contributed by atoms with Crippen LogP contribution in [0.25, 0.3) is 0 Å². The van der Waals surface area contributed by atoms with Gasteiger partial charge in [0.2, 0.25) is 0 Å². The highest BCUT2D eigenvalue weighted by Crippen LogP contribution is 2.23. The molecule has 3 nitrogen and oxygen atoms in total. The Bertz CT molecular complexity index is 242. The number of aromatic nitrogens is 2. The third-order valence-corrected chi connectivity index (χ3v) is 1.78. The zero-order chi connectivity index (χ0) is 9.56. The van der Waals surface area contributed by atoms with Crippen LogP contribution in [0.2, 0.25) is 0 Å². The first kappa shape index (κ1) is 11.4. The lowest BCUT2D eigenvalue weighted by molar-refractivity contribution is 0.664. The van der Waals surface area contributed by atoms with Gasteiger partial charge in [0.05, 0.1) is 10.7 Å². The normalized spacial score (nSPS) is 8.67. The van der Waals surface area contributed by atoms with Crippen molar-refractivity contribution >= 4 is 28.5 Å². The Kier molecular flexibility index (Phi) is 5.62. The minimum Gasteiger partial charge on any atom is -0.247 e. The van der Waals surface area contributed by atoms with Crippen molar-refractivity contribution in [1.29, 1.82) is 0 Å². The van der Waals surface area contributed by atoms with E-state index in [1.807, 2.05) is 20.8 Å². The van der Waals surface area contributed by atoms with E-state index in [0.717, 1.165) is 16.8 Å². The lowest BCUT2D eigenvalue weighted by atomic mass is 10.6. The van der Waals surface area contributed by atoms with Crippen LogP contribution in [0.15, 0.2) is 15.7 Å². The monoisotopic (exact) mass is 231 g/mol. The largest absolute Gasteiger partial charge is 0.247 e. The van der Waals surface area contributed by atoms with Crippen molar-refractivity contribution in [2.75, 3.05) is 0 Å². The third-order valence-electron chi connectivity index (χ3n) is 1.22. The van der Waals surface area contributed by atoms with Gasteiger partial charge in [-0.15, -0.1) is 0 Å². The highest BCUT2D eigenvalue weighted by molar-refractivity contribution is 9.10. The second-order valence-corrected chi connectivity index (χ2v) is 2.64. The summed E-state index contributed by atoms with van der Waals surface area (Å²) in [6, 6.07) is 0. The predicted octanol–water partition coefficient (Wildman–Crippen LogP) is 3.02. The Hall–Kier alpha value is -0.640. The lowest BCUT2D eigenvalue weighted by Crippen LogP contribution is -1.94. The highest BCUT2D eigenvalue weighted by atomic mass is 79.9. The number of aryl methyl sites for hydroxylation is 1. The Balaban J connectivity index is 0.000000561. The minimum atomic E-state index is 0.794. The first-order valence-corrected chi connectivity index (χ1v) is 4.77. The number of rotatable bonds is 2. The van der Waals surface area contributed by atoms with Crippen LogP contribution in [0.4, 0.5) is 5.82 Å². The minimum absolute atomic E-state index is 0.794. The molecule has 0 aromatic carbocycles. The summed E-state index contributed by atoms with van der Waals surface area (Å²) in [6.07, 6.45) is 1.72. The molecule has 0 unspecified atom stereocenters. The van der Waals surface area contributed by atoms with Gasteiger partial charge in [-0.05, 0) is 29.6 Å². The van der Waals surface area contributed by atoms with Crippen molar-refractivity contribution in [3.8, 4) is 0 Å². The van der Waals surface area contributed by atoms with Crippen molar-refractivity contribution in [1.82, 2.24) is 9.78 Å². The van der Waals surface area contributed by atoms with Gasteiger partial charge in [-0.2, -0.15) is 5.10 Å². The fraction of sp³-hybridized carbons (Fsp3) is 0.500. The molecule has 0 aliphatic carbocycles. The standard InChI is InChI=1S/C6H8BrN3.C2H6/c1-3-10-6(8-2)5(7)4-9-10;1-2/h4H,2-3H2,1H3;1-2H3. The van der Waals surface area contributed by atoms with Crippen LogP contribution in [0, 0.1) is 0 Å². The van der Waals surface area contributed by atoms with E-state index in [4.69, 9.17) is 0 Å². The molecule has 0 atom stereocenters. The Labute approximate surface area is 81.6 Å². The molecule has 0 N–H and O–H groups in total. The van der Waals surface area contributed by atoms with Crippen LogP contribution < -0.4 is 0 Å². The molecule has 4 heteroatoms. The van der Waals surface area contributed by atoms with Crippen molar-refractivity contribution in [3.05, 3.63) is 10.7 Å². The maximum atomic E-state index is 4.04. The molecule has 0 saturated heterocycles. The van der Waals surface area contributed by atoms with Gasteiger partial charge >= 0.3 is 0 Å². The van der Waals surface area contributed by atoms with E-state index >= 15 is 0 Å². The Morgan fingerprint density at radius 3 is 2.58 bits per heavy atom. The van der Waals surface area contributed by atoms with Crippen LogP contribution in [0.3, 0.4) is 0 Å². The lowest BCUT2D eigenvalue weighted by Gasteiger charge is -1.96. The summed E-state index contributed by atoms with van der Waals surface area (Å²) in [5.41, 5.74) is 0. The highest BCUT2D eigenvalue weighted by Gasteiger charge is 2.02. The van der Waals surface area contributed by atoms with Gasteiger partial charge in [-0.3, -0.25) is 0 Å². The molecule has 0 radical (unpaired) electrons. The molecule has 0 fully saturated rings. The van der Waals surface area contributed by atoms with E-state index in [2.05, 4.69) is 32.7 Å². The van der Waals surface area contributed by atoms with Crippen LogP contribution in [0.1, 0.15) is 20.8 Å². The third kappa shape index (κ3) is 2.44. The van der Waals surface area contributed by atoms with E-state index in [1.54, 1.807) is 10.9 Å². The fourth-order valence-corrected chi connectivity index (χ4v) is 1.17. The maximum absolute atomic E-state index is 4.04. The zero-order valence-electron chi connectivity index (χ0n) is 7.71. The van der Waals surface area contributed by atoms with Crippen LogP contribution >= 0.6 is 15.9 Å². The van der Waals surface area contributed by atoms with Crippen LogP contribution in [-0.4, -0.2) is 16.5 Å². The SMILES string of the molecule is C=Nc1c(Br)cnn1CC.CC. The number of halogens is 1. The van der Waals surface area contributed by atoms with Crippen molar-refractivity contribution < 1.29 is 0 Å². The van der Waals surface area contributed by atoms with Crippen molar-refractivity contribution in [3.63, 3.8) is 0 Å². The number of hydrogen-bond acceptors (Lipinski definition) is 2. The molecule has 0 aliphatic heterocycles. The second-order valence-electron chi connectivity index (χ2n) is 1.79. The van der Waals surface area contributed by atoms with Crippen LogP contribution in [0.5, 0.6) is 0 Å². The van der Waals surface area contributed by atoms with E-state index in [0.29, 0.717) is 0 Å². The number of nitrogens with zero attached hydrogens (tertiary/aromatic N) is 3. The molecule has 0 aliphatic rings. The van der Waals surface area contributed by atoms with Gasteiger partial charge < -0.3 is 0 Å². The van der Waals surface area contributed by atoms with Gasteiger partial charge in [-0.1, -0.05) is 13.8 Å². The van der Waals surface area contributed by atoms with Gasteiger partial charge in [0.15, 0.2) is 5.82 Å². The van der Waals surface area contributed by atoms with Gasteiger partial charge in [0, 0.05) is 6.54 Å². The summed E-state index contributed by atoms with van der Waals surface area (Å²) in [4.78, 5) is 3.80. The quantitative estimate of drug-likeness (QED) is 0.721. The molecule has 0 amide bonds. The Morgan fingerprint density at radius 1 is 1.67 bits per heavy atom. The molecule has 0 saturated carbocycles. The molecule has 1 aromatic heterocycles. The van der Waals surface area contributed by atoms with Gasteiger partial charge in [0.1, 0.15) is 0 Å². The molecular formula is C8H14BrN3. The summed E-state index contributed by atoms with van der Waals surface area (Å²) >= 11 is 3.30. The van der Waals surface area contributed by atoms with E-state index in [1.165, 1.54) is 0 Å². The number of aliphatic imine (C=N–C) groups is 1. The smallest absolute Gasteiger partial charge is 0.164 e. The second kappa shape index (κ2) is 5.94. The van der Waals surface area contributed by atoms with E-state index in [9.17, 15) is 0 Å². The molecule has 0 bridgehead atoms. The molecular weight excluding hydrogens is 218 g/mol. The average molecular weight is 232 g/mol. The van der Waals surface area contributed by atoms with E-state index in [-0.39, 0.29) is 0 Å². The first-order valence-electron chi connectivity index (χ1n) is 3.97. The van der Waals surface area contributed by atoms with Crippen molar-refractivity contribution in [2.45, 2.75) is 27.3 Å². The first-order chi connectivity index (χ1) is 5.79. The summed E-state index contributed by atoms with van der Waals surface area (Å²) in [5, 5.41) is 4.04. The zero-order valence-corrected chi connectivity index (χ0v) is 9.30. The van der Waals surface area contributed by atoms with Gasteiger partial charge in [0.25, 0.3) is 0 Å². The van der Waals surface area contributed by atoms with Crippen LogP contribution in [-0.2, 0) is 6.54 Å². The van der Waals surface area contributed by atoms with Crippen molar-refractivity contribution in [2.24, 2.45) is 4.99 Å². The fourth-order valence-electron chi connectivity index (χ4n) is 0.745.